The van der Waals surface area contributed by atoms with Gasteiger partial charge in [0, 0.05) is 29.7 Å². The van der Waals surface area contributed by atoms with Crippen LogP contribution in [-0.4, -0.2) is 33.2 Å². The molecule has 4 aromatic rings. The van der Waals surface area contributed by atoms with Crippen molar-refractivity contribution in [2.24, 2.45) is 0 Å². The molecule has 1 aliphatic rings. The number of carbonyl (C=O) groups excluding carboxylic acids is 2. The molecule has 0 spiro atoms. The highest BCUT2D eigenvalue weighted by molar-refractivity contribution is 6.23. The van der Waals surface area contributed by atoms with E-state index in [1.54, 1.807) is 0 Å². The van der Waals surface area contributed by atoms with E-state index in [1.165, 1.54) is 18.2 Å². The first kappa shape index (κ1) is 20.4. The largest absolute Gasteiger partial charge is 0.489 e. The molecular weight excluding hydrogens is 422 g/mol. The van der Waals surface area contributed by atoms with Gasteiger partial charge in [-0.1, -0.05) is 36.4 Å². The zero-order valence-electron chi connectivity index (χ0n) is 17.5. The fourth-order valence-electron chi connectivity index (χ4n) is 4.10. The van der Waals surface area contributed by atoms with E-state index >= 15 is 0 Å². The molecule has 1 N–H and O–H groups in total. The number of H-pyrrole nitrogens is 1. The summed E-state index contributed by atoms with van der Waals surface area (Å²) in [5.74, 6) is -0.428. The molecule has 0 saturated heterocycles. The van der Waals surface area contributed by atoms with Crippen LogP contribution in [0.25, 0.3) is 10.9 Å². The van der Waals surface area contributed by atoms with Crippen LogP contribution in [0.3, 0.4) is 0 Å². The highest BCUT2D eigenvalue weighted by Crippen LogP contribution is 2.31. The van der Waals surface area contributed by atoms with Gasteiger partial charge in [0.15, 0.2) is 0 Å². The Morgan fingerprint density at radius 3 is 2.58 bits per heavy atom. The van der Waals surface area contributed by atoms with Crippen LogP contribution in [0.15, 0.2) is 72.9 Å². The normalized spacial score (nSPS) is 12.9. The Hall–Kier alpha value is -4.46. The van der Waals surface area contributed by atoms with Gasteiger partial charge in [-0.3, -0.25) is 24.6 Å². The van der Waals surface area contributed by atoms with E-state index in [4.69, 9.17) is 4.74 Å². The van der Waals surface area contributed by atoms with E-state index in [1.807, 2.05) is 54.7 Å². The summed E-state index contributed by atoms with van der Waals surface area (Å²) in [4.78, 5) is 40.5. The van der Waals surface area contributed by atoms with E-state index in [-0.39, 0.29) is 23.4 Å². The van der Waals surface area contributed by atoms with Gasteiger partial charge in [-0.15, -0.1) is 0 Å². The lowest BCUT2D eigenvalue weighted by molar-refractivity contribution is -0.385. The Bertz CT molecular complexity index is 1390. The van der Waals surface area contributed by atoms with Crippen LogP contribution in [0, 0.1) is 10.1 Å². The number of nitro groups is 1. The van der Waals surface area contributed by atoms with Gasteiger partial charge >= 0.3 is 0 Å². The van der Waals surface area contributed by atoms with Crippen LogP contribution < -0.4 is 4.74 Å². The summed E-state index contributed by atoms with van der Waals surface area (Å²) in [5, 5.41) is 12.2. The third-order valence-electron chi connectivity index (χ3n) is 5.77. The summed E-state index contributed by atoms with van der Waals surface area (Å²) in [5.41, 5.74) is 2.48. The number of aromatic amines is 1. The molecule has 0 fully saturated rings. The highest BCUT2D eigenvalue weighted by atomic mass is 16.6. The van der Waals surface area contributed by atoms with Crippen LogP contribution in [0.1, 0.15) is 31.8 Å². The molecule has 3 aromatic carbocycles. The molecule has 0 saturated carbocycles. The average molecular weight is 441 g/mol. The molecule has 8 heteroatoms. The van der Waals surface area contributed by atoms with Crippen LogP contribution in [-0.2, 0) is 13.0 Å². The minimum Gasteiger partial charge on any atom is -0.489 e. The van der Waals surface area contributed by atoms with Crippen molar-refractivity contribution in [3.63, 3.8) is 0 Å². The van der Waals surface area contributed by atoms with Gasteiger partial charge in [-0.2, -0.15) is 0 Å². The first-order valence-electron chi connectivity index (χ1n) is 10.4. The van der Waals surface area contributed by atoms with Gasteiger partial charge in [-0.25, -0.2) is 0 Å². The zero-order valence-corrected chi connectivity index (χ0v) is 17.5. The molecular formula is C25H19N3O5. The molecule has 0 bridgehead atoms. The third-order valence-corrected chi connectivity index (χ3v) is 5.77. The van der Waals surface area contributed by atoms with Crippen molar-refractivity contribution in [1.82, 2.24) is 9.88 Å². The number of carbonyl (C=O) groups is 2. The SMILES string of the molecule is O=C1c2cccc([N+](=O)[O-])c2C(=O)N1CCc1c[nH]c2ccc(OCc3ccccc3)cc12. The fraction of sp³-hybridized carbons (Fsp3) is 0.120. The number of fused-ring (bicyclic) bond motifs is 2. The van der Waals surface area contributed by atoms with E-state index in [2.05, 4.69) is 4.98 Å². The van der Waals surface area contributed by atoms with Crippen LogP contribution in [0.4, 0.5) is 5.69 Å². The number of nitro benzene ring substituents is 1. The molecule has 5 rings (SSSR count). The van der Waals surface area contributed by atoms with Crippen LogP contribution in [0.2, 0.25) is 0 Å². The quantitative estimate of drug-likeness (QED) is 0.258. The Kier molecular flexibility index (Phi) is 5.10. The molecule has 0 radical (unpaired) electrons. The molecule has 1 aromatic heterocycles. The summed E-state index contributed by atoms with van der Waals surface area (Å²) in [6.45, 7) is 0.561. The molecule has 164 valence electrons. The molecule has 2 heterocycles. The molecule has 8 nitrogen and oxygen atoms in total. The van der Waals surface area contributed by atoms with Gasteiger partial charge in [0.25, 0.3) is 17.5 Å². The first-order valence-corrected chi connectivity index (χ1v) is 10.4. The number of ether oxygens (including phenoxy) is 1. The lowest BCUT2D eigenvalue weighted by Crippen LogP contribution is -2.31. The number of nitrogens with zero attached hydrogens (tertiary/aromatic N) is 2. The van der Waals surface area contributed by atoms with Gasteiger partial charge in [0.05, 0.1) is 10.5 Å². The number of rotatable bonds is 7. The topological polar surface area (TPSA) is 106 Å². The van der Waals surface area contributed by atoms with Crippen molar-refractivity contribution < 1.29 is 19.2 Å². The summed E-state index contributed by atoms with van der Waals surface area (Å²) in [7, 11) is 0. The van der Waals surface area contributed by atoms with Crippen molar-refractivity contribution in [2.45, 2.75) is 13.0 Å². The monoisotopic (exact) mass is 441 g/mol. The fourth-order valence-corrected chi connectivity index (χ4v) is 4.10. The second-order valence-electron chi connectivity index (χ2n) is 7.76. The number of amides is 2. The summed E-state index contributed by atoms with van der Waals surface area (Å²) in [6.07, 6.45) is 2.24. The van der Waals surface area contributed by atoms with Gasteiger partial charge < -0.3 is 9.72 Å². The predicted octanol–water partition coefficient (Wildman–Crippen LogP) is 4.49. The second kappa shape index (κ2) is 8.23. The first-order chi connectivity index (χ1) is 16.0. The van der Waals surface area contributed by atoms with E-state index in [0.29, 0.717) is 18.8 Å². The van der Waals surface area contributed by atoms with Crippen molar-refractivity contribution in [2.75, 3.05) is 6.54 Å². The highest BCUT2D eigenvalue weighted by Gasteiger charge is 2.40. The summed E-state index contributed by atoms with van der Waals surface area (Å²) in [6, 6.07) is 19.7. The minimum atomic E-state index is -0.635. The maximum atomic E-state index is 12.8. The van der Waals surface area contributed by atoms with Crippen LogP contribution in [0.5, 0.6) is 5.75 Å². The smallest absolute Gasteiger partial charge is 0.282 e. The van der Waals surface area contributed by atoms with Gasteiger partial charge in [0.1, 0.15) is 17.9 Å². The van der Waals surface area contributed by atoms with E-state index in [9.17, 15) is 19.7 Å². The maximum absolute atomic E-state index is 12.8. The number of nitrogens with one attached hydrogen (secondary N) is 1. The van der Waals surface area contributed by atoms with E-state index < -0.39 is 16.7 Å². The Labute approximate surface area is 188 Å². The molecule has 33 heavy (non-hydrogen) atoms. The number of aromatic nitrogens is 1. The standard InChI is InChI=1S/C25H19N3O5/c29-24-19-7-4-8-22(28(31)32)23(19)25(30)27(24)12-11-17-14-26-21-10-9-18(13-20(17)21)33-15-16-5-2-1-3-6-16/h1-10,13-14,26H,11-12,15H2. The number of hydrogen-bond acceptors (Lipinski definition) is 5. The molecule has 2 amide bonds. The third kappa shape index (κ3) is 3.71. The maximum Gasteiger partial charge on any atom is 0.282 e. The Balaban J connectivity index is 1.33. The lowest BCUT2D eigenvalue weighted by Gasteiger charge is -2.13. The van der Waals surface area contributed by atoms with Gasteiger partial charge in [-0.05, 0) is 41.8 Å². The van der Waals surface area contributed by atoms with Crippen LogP contribution >= 0.6 is 0 Å². The molecule has 0 atom stereocenters. The summed E-state index contributed by atoms with van der Waals surface area (Å²) < 4.78 is 5.92. The number of imide groups is 1. The van der Waals surface area contributed by atoms with E-state index in [0.717, 1.165) is 26.9 Å². The molecule has 0 unspecified atom stereocenters. The van der Waals surface area contributed by atoms with Crippen molar-refractivity contribution in [3.05, 3.63) is 105 Å². The number of benzene rings is 3. The van der Waals surface area contributed by atoms with Crippen molar-refractivity contribution in [3.8, 4) is 5.75 Å². The number of hydrogen-bond donors (Lipinski definition) is 1. The second-order valence-corrected chi connectivity index (χ2v) is 7.76. The lowest BCUT2D eigenvalue weighted by atomic mass is 10.1. The minimum absolute atomic E-state index is 0.0738. The average Bonchev–Trinajstić information content (AvgIpc) is 3.35. The Morgan fingerprint density at radius 1 is 0.970 bits per heavy atom. The van der Waals surface area contributed by atoms with Crippen molar-refractivity contribution >= 4 is 28.4 Å². The predicted molar refractivity (Wildman–Crippen MR) is 121 cm³/mol. The van der Waals surface area contributed by atoms with Gasteiger partial charge in [0.2, 0.25) is 0 Å². The molecule has 0 aliphatic carbocycles. The van der Waals surface area contributed by atoms with Crippen molar-refractivity contribution in [1.29, 1.82) is 0 Å². The zero-order chi connectivity index (χ0) is 22.9. The Morgan fingerprint density at radius 2 is 1.79 bits per heavy atom. The molecule has 1 aliphatic heterocycles. The summed E-state index contributed by atoms with van der Waals surface area (Å²) >= 11 is 0.